The smallest absolute Gasteiger partial charge is 0.312 e. The van der Waals surface area contributed by atoms with Crippen LogP contribution in [0.1, 0.15) is 48.0 Å². The number of carbonyl (C=O) groups is 1. The van der Waals surface area contributed by atoms with E-state index in [1.807, 2.05) is 34.6 Å². The highest BCUT2D eigenvalue weighted by Gasteiger charge is 2.49. The van der Waals surface area contributed by atoms with E-state index < -0.39 is 17.3 Å². The maximum atomic E-state index is 12.3. The van der Waals surface area contributed by atoms with Gasteiger partial charge in [0, 0.05) is 5.92 Å². The molecular weight excluding hydrogens is 232 g/mol. The van der Waals surface area contributed by atoms with Gasteiger partial charge in [0.1, 0.15) is 5.60 Å². The largest absolute Gasteiger partial charge is 0.460 e. The molecule has 0 radical (unpaired) electrons. The fourth-order valence-electron chi connectivity index (χ4n) is 2.56. The van der Waals surface area contributed by atoms with Crippen molar-refractivity contribution in [3.05, 3.63) is 0 Å². The molecule has 0 spiro atoms. The minimum atomic E-state index is -0.526. The molecule has 106 valence electrons. The minimum absolute atomic E-state index is 0.0230. The van der Waals surface area contributed by atoms with E-state index in [9.17, 15) is 9.90 Å². The summed E-state index contributed by atoms with van der Waals surface area (Å²) in [5.41, 5.74) is -1.02. The number of rotatable bonds is 3. The van der Waals surface area contributed by atoms with E-state index in [1.54, 1.807) is 6.92 Å². The van der Waals surface area contributed by atoms with Crippen LogP contribution in [-0.2, 0) is 14.3 Å². The van der Waals surface area contributed by atoms with E-state index in [0.717, 1.165) is 0 Å². The third-order valence-electron chi connectivity index (χ3n) is 3.19. The first-order chi connectivity index (χ1) is 8.03. The Kier molecular flexibility index (Phi) is 4.44. The van der Waals surface area contributed by atoms with Gasteiger partial charge in [-0.1, -0.05) is 0 Å². The summed E-state index contributed by atoms with van der Waals surface area (Å²) in [5.74, 6) is -0.517. The maximum Gasteiger partial charge on any atom is 0.312 e. The van der Waals surface area contributed by atoms with Gasteiger partial charge in [-0.2, -0.15) is 0 Å². The van der Waals surface area contributed by atoms with Gasteiger partial charge < -0.3 is 14.6 Å². The molecule has 1 saturated heterocycles. The lowest BCUT2D eigenvalue weighted by molar-refractivity contribution is -0.166. The number of esters is 1. The molecule has 1 aliphatic heterocycles. The van der Waals surface area contributed by atoms with E-state index in [2.05, 4.69) is 0 Å². The van der Waals surface area contributed by atoms with E-state index in [0.29, 0.717) is 13.0 Å². The molecule has 0 aromatic rings. The molecule has 4 heteroatoms. The van der Waals surface area contributed by atoms with Gasteiger partial charge in [0.15, 0.2) is 0 Å². The first-order valence-corrected chi connectivity index (χ1v) is 6.58. The second-order valence-corrected chi connectivity index (χ2v) is 6.77. The van der Waals surface area contributed by atoms with Crippen molar-refractivity contribution in [3.63, 3.8) is 0 Å². The molecule has 3 atom stereocenters. The van der Waals surface area contributed by atoms with Gasteiger partial charge in [0.2, 0.25) is 0 Å². The zero-order valence-corrected chi connectivity index (χ0v) is 12.3. The topological polar surface area (TPSA) is 55.8 Å². The third kappa shape index (κ3) is 3.95. The van der Waals surface area contributed by atoms with Crippen LogP contribution in [0.3, 0.4) is 0 Å². The first kappa shape index (κ1) is 15.4. The van der Waals surface area contributed by atoms with E-state index >= 15 is 0 Å². The van der Waals surface area contributed by atoms with Crippen LogP contribution in [0.25, 0.3) is 0 Å². The summed E-state index contributed by atoms with van der Waals surface area (Å²) in [4.78, 5) is 12.3. The van der Waals surface area contributed by atoms with Crippen molar-refractivity contribution in [2.75, 3.05) is 6.61 Å². The van der Waals surface area contributed by atoms with Gasteiger partial charge in [-0.3, -0.25) is 4.79 Å². The Morgan fingerprint density at radius 3 is 2.50 bits per heavy atom. The highest BCUT2D eigenvalue weighted by atomic mass is 16.6. The molecule has 1 rings (SSSR count). The molecule has 1 unspecified atom stereocenters. The summed E-state index contributed by atoms with van der Waals surface area (Å²) in [6.07, 6.45) is 0.130. The summed E-state index contributed by atoms with van der Waals surface area (Å²) in [7, 11) is 0. The number of ether oxygens (including phenoxy) is 2. The second-order valence-electron chi connectivity index (χ2n) is 6.77. The zero-order valence-electron chi connectivity index (χ0n) is 12.3. The maximum absolute atomic E-state index is 12.3. The van der Waals surface area contributed by atoms with Gasteiger partial charge in [-0.15, -0.1) is 0 Å². The van der Waals surface area contributed by atoms with Crippen LogP contribution < -0.4 is 0 Å². The van der Waals surface area contributed by atoms with Crippen molar-refractivity contribution in [1.29, 1.82) is 0 Å². The molecule has 0 aliphatic carbocycles. The number of carbonyl (C=O) groups excluding carboxylic acids is 1. The summed E-state index contributed by atoms with van der Waals surface area (Å²) >= 11 is 0. The highest BCUT2D eigenvalue weighted by molar-refractivity contribution is 5.75. The van der Waals surface area contributed by atoms with Crippen molar-refractivity contribution < 1.29 is 19.4 Å². The lowest BCUT2D eigenvalue weighted by Crippen LogP contribution is -2.41. The van der Waals surface area contributed by atoms with Gasteiger partial charge in [0.05, 0.1) is 24.2 Å². The third-order valence-corrected chi connectivity index (χ3v) is 3.19. The zero-order chi connectivity index (χ0) is 14.1. The average molecular weight is 258 g/mol. The fourth-order valence-corrected chi connectivity index (χ4v) is 2.56. The Balaban J connectivity index is 2.82. The highest BCUT2D eigenvalue weighted by Crippen LogP contribution is 2.39. The summed E-state index contributed by atoms with van der Waals surface area (Å²) < 4.78 is 11.2. The molecule has 1 N–H and O–H groups in total. The Morgan fingerprint density at radius 1 is 1.50 bits per heavy atom. The van der Waals surface area contributed by atoms with Crippen molar-refractivity contribution in [2.24, 2.45) is 11.8 Å². The molecule has 0 aromatic heterocycles. The average Bonchev–Trinajstić information content (AvgIpc) is 2.36. The van der Waals surface area contributed by atoms with Crippen molar-refractivity contribution in [3.8, 4) is 0 Å². The second kappa shape index (κ2) is 5.17. The fraction of sp³-hybridized carbons (Fsp3) is 0.929. The summed E-state index contributed by atoms with van der Waals surface area (Å²) in [5, 5.41) is 9.51. The minimum Gasteiger partial charge on any atom is -0.460 e. The van der Waals surface area contributed by atoms with Gasteiger partial charge in [-0.25, -0.2) is 0 Å². The number of hydrogen-bond donors (Lipinski definition) is 1. The van der Waals surface area contributed by atoms with E-state index in [-0.39, 0.29) is 17.8 Å². The summed E-state index contributed by atoms with van der Waals surface area (Å²) in [6.45, 7) is 11.6. The molecule has 4 nitrogen and oxygen atoms in total. The predicted octanol–water partition coefficient (Wildman–Crippen LogP) is 2.14. The molecule has 0 saturated carbocycles. The van der Waals surface area contributed by atoms with Crippen LogP contribution in [0.2, 0.25) is 0 Å². The molecule has 0 aromatic carbocycles. The van der Waals surface area contributed by atoms with Crippen LogP contribution in [0.4, 0.5) is 0 Å². The molecule has 0 amide bonds. The van der Waals surface area contributed by atoms with Crippen molar-refractivity contribution >= 4 is 5.97 Å². The van der Waals surface area contributed by atoms with Gasteiger partial charge in [0.25, 0.3) is 0 Å². The Hall–Kier alpha value is -0.610. The summed E-state index contributed by atoms with van der Waals surface area (Å²) in [6, 6.07) is 0. The lowest BCUT2D eigenvalue weighted by Gasteiger charge is -2.30. The quantitative estimate of drug-likeness (QED) is 0.788. The SMILES string of the molecule is C[C@H](O)C[C@H]1COC(C)(C)C1C(=O)OC(C)(C)C. The normalized spacial score (nSPS) is 29.1. The number of hydrogen-bond acceptors (Lipinski definition) is 4. The first-order valence-electron chi connectivity index (χ1n) is 6.58. The predicted molar refractivity (Wildman–Crippen MR) is 69.2 cm³/mol. The van der Waals surface area contributed by atoms with Crippen LogP contribution in [-0.4, -0.2) is 35.0 Å². The lowest BCUT2D eigenvalue weighted by atomic mass is 9.81. The number of aliphatic hydroxyl groups excluding tert-OH is 1. The molecule has 0 bridgehead atoms. The van der Waals surface area contributed by atoms with Gasteiger partial charge >= 0.3 is 5.97 Å². The molecule has 18 heavy (non-hydrogen) atoms. The van der Waals surface area contributed by atoms with E-state index in [4.69, 9.17) is 9.47 Å². The molecule has 1 heterocycles. The van der Waals surface area contributed by atoms with Crippen molar-refractivity contribution in [1.82, 2.24) is 0 Å². The van der Waals surface area contributed by atoms with Crippen LogP contribution in [0.15, 0.2) is 0 Å². The molecular formula is C14H26O4. The Bertz CT molecular complexity index is 301. The van der Waals surface area contributed by atoms with Crippen LogP contribution in [0, 0.1) is 11.8 Å². The van der Waals surface area contributed by atoms with Crippen molar-refractivity contribution in [2.45, 2.75) is 65.3 Å². The van der Waals surface area contributed by atoms with Crippen LogP contribution in [0.5, 0.6) is 0 Å². The van der Waals surface area contributed by atoms with Gasteiger partial charge in [-0.05, 0) is 48.0 Å². The van der Waals surface area contributed by atoms with Crippen LogP contribution >= 0.6 is 0 Å². The molecule has 1 fully saturated rings. The Labute approximate surface area is 110 Å². The monoisotopic (exact) mass is 258 g/mol. The molecule has 1 aliphatic rings. The van der Waals surface area contributed by atoms with E-state index in [1.165, 1.54) is 0 Å². The number of aliphatic hydroxyl groups is 1. The Morgan fingerprint density at radius 2 is 2.06 bits per heavy atom. The standard InChI is InChI=1S/C14H26O4/c1-9(15)7-10-8-17-14(5,6)11(10)12(16)18-13(2,3)4/h9-11,15H,7-8H2,1-6H3/t9-,10-,11?/m0/s1.